The van der Waals surface area contributed by atoms with E-state index in [4.69, 9.17) is 0 Å². The van der Waals surface area contributed by atoms with Crippen molar-refractivity contribution in [2.75, 3.05) is 0 Å². The SMILES string of the molecule is N#Cc1cccc(F)c1-n1nc2c3ccccc3n(CC3C=CC(n4cccn4)=CC3)nc-2c1=O. The lowest BCUT2D eigenvalue weighted by Gasteiger charge is -2.19. The predicted molar refractivity (Wildman–Crippen MR) is 128 cm³/mol. The Balaban J connectivity index is 1.45. The van der Waals surface area contributed by atoms with Crippen LogP contribution in [0.15, 0.2) is 83.9 Å². The van der Waals surface area contributed by atoms with Gasteiger partial charge in [-0.2, -0.15) is 25.2 Å². The van der Waals surface area contributed by atoms with Gasteiger partial charge in [0.15, 0.2) is 5.69 Å². The standard InChI is InChI=1S/C26H18FN7O/c27-21-7-3-5-18(15-28)25(21)34-26(35)24-23(31-34)20-6-1-2-8-22(20)33(30-24)16-17-9-11-19(12-10-17)32-14-4-13-29-32/h1-9,11-14,17H,10,16H2. The van der Waals surface area contributed by atoms with Crippen LogP contribution in [0.25, 0.3) is 33.7 Å². The largest absolute Gasteiger partial charge is 0.301 e. The molecule has 2 aliphatic heterocycles. The molecule has 170 valence electrons. The van der Waals surface area contributed by atoms with E-state index in [1.807, 2.05) is 53.4 Å². The van der Waals surface area contributed by atoms with Crippen molar-refractivity contribution in [3.8, 4) is 23.1 Å². The average Bonchev–Trinajstić information content (AvgIpc) is 3.53. The first kappa shape index (κ1) is 20.7. The van der Waals surface area contributed by atoms with Crippen molar-refractivity contribution in [2.45, 2.75) is 13.0 Å². The Morgan fingerprint density at radius 3 is 2.74 bits per heavy atom. The second-order valence-corrected chi connectivity index (χ2v) is 8.30. The fourth-order valence-electron chi connectivity index (χ4n) is 4.45. The van der Waals surface area contributed by atoms with Crippen LogP contribution in [0.2, 0.25) is 0 Å². The Kier molecular flexibility index (Phi) is 4.85. The molecule has 3 aromatic rings. The molecule has 35 heavy (non-hydrogen) atoms. The molecule has 3 aliphatic rings. The van der Waals surface area contributed by atoms with E-state index in [-0.39, 0.29) is 22.9 Å². The van der Waals surface area contributed by atoms with Crippen LogP contribution in [-0.4, -0.2) is 29.3 Å². The van der Waals surface area contributed by atoms with Crippen LogP contribution in [0.1, 0.15) is 12.0 Å². The molecular formula is C26H18FN7O. The van der Waals surface area contributed by atoms with Gasteiger partial charge in [-0.1, -0.05) is 36.4 Å². The zero-order valence-corrected chi connectivity index (χ0v) is 18.4. The average molecular weight is 463 g/mol. The number of allylic oxidation sites excluding steroid dienone is 4. The summed E-state index contributed by atoms with van der Waals surface area (Å²) in [6.07, 6.45) is 10.7. The fraction of sp³-hybridized carbons (Fsp3) is 0.115. The van der Waals surface area contributed by atoms with Crippen molar-refractivity contribution < 1.29 is 4.39 Å². The van der Waals surface area contributed by atoms with Crippen LogP contribution in [0.5, 0.6) is 0 Å². The first-order chi connectivity index (χ1) is 17.1. The number of hydrogen-bond acceptors (Lipinski definition) is 5. The number of hydrogen-bond donors (Lipinski definition) is 0. The third-order valence-electron chi connectivity index (χ3n) is 6.14. The molecule has 9 heteroatoms. The van der Waals surface area contributed by atoms with Gasteiger partial charge in [0.05, 0.1) is 16.8 Å². The zero-order chi connectivity index (χ0) is 23.9. The number of aromatic nitrogens is 6. The molecule has 1 unspecified atom stereocenters. The summed E-state index contributed by atoms with van der Waals surface area (Å²) >= 11 is 0. The van der Waals surface area contributed by atoms with Crippen molar-refractivity contribution in [3.63, 3.8) is 0 Å². The summed E-state index contributed by atoms with van der Waals surface area (Å²) in [6.45, 7) is 0.545. The number of halogens is 1. The van der Waals surface area contributed by atoms with Crippen molar-refractivity contribution in [1.82, 2.24) is 29.3 Å². The van der Waals surface area contributed by atoms with Crippen LogP contribution in [-0.2, 0) is 6.54 Å². The number of nitriles is 1. The van der Waals surface area contributed by atoms with Gasteiger partial charge in [0, 0.05) is 30.2 Å². The summed E-state index contributed by atoms with van der Waals surface area (Å²) in [5.41, 5.74) is 1.61. The molecule has 1 aliphatic carbocycles. The molecule has 0 amide bonds. The predicted octanol–water partition coefficient (Wildman–Crippen LogP) is 4.01. The summed E-state index contributed by atoms with van der Waals surface area (Å²) in [5, 5.41) is 23.5. The maximum Gasteiger partial charge on any atom is 0.301 e. The summed E-state index contributed by atoms with van der Waals surface area (Å²) in [6, 6.07) is 15.5. The van der Waals surface area contributed by atoms with Gasteiger partial charge < -0.3 is 0 Å². The van der Waals surface area contributed by atoms with Crippen LogP contribution in [0.4, 0.5) is 4.39 Å². The molecule has 8 nitrogen and oxygen atoms in total. The number of fused-ring (bicyclic) bond motifs is 3. The lowest BCUT2D eigenvalue weighted by atomic mass is 9.99. The molecule has 0 N–H and O–H groups in total. The highest BCUT2D eigenvalue weighted by atomic mass is 19.1. The molecule has 0 saturated carbocycles. The molecule has 2 aromatic carbocycles. The minimum absolute atomic E-state index is 0.0270. The Morgan fingerprint density at radius 2 is 1.97 bits per heavy atom. The van der Waals surface area contributed by atoms with Gasteiger partial charge in [-0.15, -0.1) is 0 Å². The van der Waals surface area contributed by atoms with E-state index in [0.29, 0.717) is 12.2 Å². The lowest BCUT2D eigenvalue weighted by molar-refractivity contribution is 0.498. The first-order valence-corrected chi connectivity index (χ1v) is 11.1. The van der Waals surface area contributed by atoms with E-state index in [0.717, 1.165) is 27.7 Å². The van der Waals surface area contributed by atoms with Crippen LogP contribution < -0.4 is 5.56 Å². The van der Waals surface area contributed by atoms with Gasteiger partial charge in [0.1, 0.15) is 23.3 Å². The lowest BCUT2D eigenvalue weighted by Crippen LogP contribution is -2.20. The molecule has 1 aromatic heterocycles. The molecule has 0 spiro atoms. The van der Waals surface area contributed by atoms with E-state index in [2.05, 4.69) is 27.4 Å². The molecule has 0 fully saturated rings. The zero-order valence-electron chi connectivity index (χ0n) is 18.4. The van der Waals surface area contributed by atoms with Crippen molar-refractivity contribution in [1.29, 1.82) is 5.26 Å². The maximum atomic E-state index is 14.7. The van der Waals surface area contributed by atoms with Gasteiger partial charge in [-0.3, -0.25) is 9.48 Å². The number of nitrogens with zero attached hydrogens (tertiary/aromatic N) is 7. The summed E-state index contributed by atoms with van der Waals surface area (Å²) in [7, 11) is 0. The molecular weight excluding hydrogens is 445 g/mol. The maximum absolute atomic E-state index is 14.7. The van der Waals surface area contributed by atoms with E-state index in [9.17, 15) is 14.4 Å². The van der Waals surface area contributed by atoms with Crippen molar-refractivity contribution in [2.24, 2.45) is 5.92 Å². The molecule has 0 radical (unpaired) electrons. The van der Waals surface area contributed by atoms with Gasteiger partial charge in [0.2, 0.25) is 0 Å². The van der Waals surface area contributed by atoms with Gasteiger partial charge in [-0.05, 0) is 36.8 Å². The molecule has 3 heterocycles. The van der Waals surface area contributed by atoms with Crippen LogP contribution >= 0.6 is 0 Å². The number of rotatable bonds is 4. The highest BCUT2D eigenvalue weighted by Gasteiger charge is 2.25. The third kappa shape index (κ3) is 3.43. The number of para-hydroxylation sites is 2. The summed E-state index contributed by atoms with van der Waals surface area (Å²) in [5.74, 6) is -0.534. The van der Waals surface area contributed by atoms with Gasteiger partial charge in [0.25, 0.3) is 0 Å². The topological polar surface area (TPSA) is 94.3 Å². The van der Waals surface area contributed by atoms with E-state index in [1.165, 1.54) is 18.2 Å². The third-order valence-corrected chi connectivity index (χ3v) is 6.14. The van der Waals surface area contributed by atoms with Crippen LogP contribution in [0.3, 0.4) is 0 Å². The quantitative estimate of drug-likeness (QED) is 0.401. The van der Waals surface area contributed by atoms with E-state index < -0.39 is 11.4 Å². The summed E-state index contributed by atoms with van der Waals surface area (Å²) in [4.78, 5) is 13.3. The Labute approximate surface area is 198 Å². The number of benzene rings is 2. The minimum Gasteiger partial charge on any atom is -0.265 e. The summed E-state index contributed by atoms with van der Waals surface area (Å²) < 4.78 is 19.2. The normalized spacial score (nSPS) is 15.4. The highest BCUT2D eigenvalue weighted by Crippen LogP contribution is 2.29. The second-order valence-electron chi connectivity index (χ2n) is 8.30. The molecule has 1 atom stereocenters. The smallest absolute Gasteiger partial charge is 0.265 e. The molecule has 0 bridgehead atoms. The van der Waals surface area contributed by atoms with Gasteiger partial charge >= 0.3 is 5.56 Å². The first-order valence-electron chi connectivity index (χ1n) is 11.1. The molecule has 6 rings (SSSR count). The highest BCUT2D eigenvalue weighted by molar-refractivity contribution is 5.92. The van der Waals surface area contributed by atoms with E-state index in [1.54, 1.807) is 10.9 Å². The van der Waals surface area contributed by atoms with Crippen molar-refractivity contribution >= 4 is 16.6 Å². The van der Waals surface area contributed by atoms with E-state index >= 15 is 0 Å². The second kappa shape index (κ2) is 8.18. The minimum atomic E-state index is -0.696. The molecule has 0 saturated heterocycles. The Morgan fingerprint density at radius 1 is 1.09 bits per heavy atom. The Hall–Kier alpha value is -4.84. The monoisotopic (exact) mass is 463 g/mol. The van der Waals surface area contributed by atoms with Gasteiger partial charge in [-0.25, -0.2) is 9.07 Å². The Bertz CT molecular complexity index is 1700. The van der Waals surface area contributed by atoms with Crippen LogP contribution in [0, 0.1) is 23.1 Å². The van der Waals surface area contributed by atoms with Crippen molar-refractivity contribution in [3.05, 3.63) is 101 Å². The fourth-order valence-corrected chi connectivity index (χ4v) is 4.45.